The van der Waals surface area contributed by atoms with Crippen LogP contribution >= 0.6 is 11.6 Å². The third-order valence-corrected chi connectivity index (χ3v) is 4.99. The van der Waals surface area contributed by atoms with Gasteiger partial charge in [0.15, 0.2) is 11.6 Å². The van der Waals surface area contributed by atoms with Gasteiger partial charge in [-0.15, -0.1) is 0 Å². The van der Waals surface area contributed by atoms with Crippen LogP contribution in [-0.4, -0.2) is 32.3 Å². The van der Waals surface area contributed by atoms with Crippen LogP contribution in [0, 0.1) is 0 Å². The molecule has 0 bridgehead atoms. The molecule has 0 spiro atoms. The van der Waals surface area contributed by atoms with Gasteiger partial charge in [-0.25, -0.2) is 9.78 Å². The minimum atomic E-state index is -0.504. The molecule has 0 saturated heterocycles. The number of nitrogens with zero attached hydrogens (tertiary/aromatic N) is 3. The number of alkyl carbamates (subject to hydrolysis) is 1. The molecule has 0 aliphatic carbocycles. The summed E-state index contributed by atoms with van der Waals surface area (Å²) in [6.45, 7) is 10.2. The van der Waals surface area contributed by atoms with Gasteiger partial charge >= 0.3 is 12.1 Å². The monoisotopic (exact) mass is 454 g/mol. The molecular formula is C24H27ClN4O3. The van der Waals surface area contributed by atoms with Crippen LogP contribution in [0.3, 0.4) is 0 Å². The smallest absolute Gasteiger partial charge is 0.407 e. The van der Waals surface area contributed by atoms with Crippen LogP contribution in [0.1, 0.15) is 45.7 Å². The molecule has 0 atom stereocenters. The lowest BCUT2D eigenvalue weighted by Crippen LogP contribution is -2.26. The first-order valence-corrected chi connectivity index (χ1v) is 10.7. The zero-order valence-electron chi connectivity index (χ0n) is 18.8. The maximum atomic E-state index is 11.8. The molecule has 1 heterocycles. The number of nitrogens with one attached hydrogen (secondary N) is 1. The van der Waals surface area contributed by atoms with Crippen molar-refractivity contribution >= 4 is 17.7 Å². The number of aromatic hydroxyl groups is 1. The molecule has 8 heteroatoms. The molecule has 1 aromatic heterocycles. The molecule has 0 unspecified atom stereocenters. The van der Waals surface area contributed by atoms with E-state index < -0.39 is 12.1 Å². The van der Waals surface area contributed by atoms with Crippen molar-refractivity contribution in [1.82, 2.24) is 20.3 Å². The summed E-state index contributed by atoms with van der Waals surface area (Å²) in [4.78, 5) is 24.5. The zero-order chi connectivity index (χ0) is 23.5. The third kappa shape index (κ3) is 5.95. The highest BCUT2D eigenvalue weighted by Gasteiger charge is 2.17. The van der Waals surface area contributed by atoms with Gasteiger partial charge in [0.2, 0.25) is 0 Å². The van der Waals surface area contributed by atoms with Crippen LogP contribution in [0.4, 0.5) is 4.79 Å². The van der Waals surface area contributed by atoms with E-state index in [0.29, 0.717) is 16.4 Å². The van der Waals surface area contributed by atoms with Crippen molar-refractivity contribution < 1.29 is 14.6 Å². The Kier molecular flexibility index (Phi) is 6.99. The largest absolute Gasteiger partial charge is 0.479 e. The zero-order valence-corrected chi connectivity index (χ0v) is 19.6. The number of carbonyl (C=O) groups excluding carboxylic acids is 1. The number of aromatic nitrogens is 3. The van der Waals surface area contributed by atoms with Crippen LogP contribution in [0.25, 0.3) is 22.8 Å². The van der Waals surface area contributed by atoms with Crippen molar-refractivity contribution in [3.8, 4) is 28.8 Å². The molecule has 32 heavy (non-hydrogen) atoms. The molecular weight excluding hydrogens is 428 g/mol. The van der Waals surface area contributed by atoms with Crippen molar-refractivity contribution in [1.29, 1.82) is 0 Å². The molecule has 0 radical (unpaired) electrons. The number of hydrogen-bond donors (Lipinski definition) is 2. The van der Waals surface area contributed by atoms with E-state index in [1.54, 1.807) is 32.0 Å². The Morgan fingerprint density at radius 2 is 1.81 bits per heavy atom. The molecule has 3 aromatic rings. The van der Waals surface area contributed by atoms with Gasteiger partial charge < -0.3 is 15.2 Å². The fraction of sp³-hybridized carbons (Fsp3) is 0.333. The standard InChI is InChI=1S/C24H27ClN4O3/c1-14(2)32-23(31)26-13-15-9-10-19(25)18(11-15)21-27-20(28-22(30)29-21)16-7-6-8-17(12-16)24(3,4)5/h6-12,14H,13H2,1-5H3,(H,26,31)(H,27,28,29,30). The molecule has 2 N–H and O–H groups in total. The highest BCUT2D eigenvalue weighted by molar-refractivity contribution is 6.33. The summed E-state index contributed by atoms with van der Waals surface area (Å²) in [5, 5.41) is 13.3. The summed E-state index contributed by atoms with van der Waals surface area (Å²) in [5.74, 6) is 0.587. The van der Waals surface area contributed by atoms with Gasteiger partial charge in [-0.3, -0.25) is 0 Å². The molecule has 1 amide bonds. The quantitative estimate of drug-likeness (QED) is 0.528. The van der Waals surface area contributed by atoms with E-state index in [2.05, 4.69) is 41.0 Å². The van der Waals surface area contributed by atoms with E-state index in [0.717, 1.165) is 16.7 Å². The third-order valence-electron chi connectivity index (χ3n) is 4.66. The first kappa shape index (κ1) is 23.5. The summed E-state index contributed by atoms with van der Waals surface area (Å²) in [5.41, 5.74) is 3.14. The van der Waals surface area contributed by atoms with E-state index in [4.69, 9.17) is 16.3 Å². The number of hydrogen-bond acceptors (Lipinski definition) is 6. The Morgan fingerprint density at radius 3 is 2.50 bits per heavy atom. The number of ether oxygens (including phenoxy) is 1. The van der Waals surface area contributed by atoms with Crippen molar-refractivity contribution in [3.05, 3.63) is 58.6 Å². The van der Waals surface area contributed by atoms with Crippen molar-refractivity contribution in [2.24, 2.45) is 0 Å². The number of rotatable bonds is 5. The van der Waals surface area contributed by atoms with Gasteiger partial charge in [-0.1, -0.05) is 56.6 Å². The van der Waals surface area contributed by atoms with Crippen LogP contribution in [0.5, 0.6) is 6.01 Å². The first-order valence-electron chi connectivity index (χ1n) is 10.3. The van der Waals surface area contributed by atoms with E-state index in [1.807, 2.05) is 24.3 Å². The Balaban J connectivity index is 1.94. The Bertz CT molecular complexity index is 1130. The minimum absolute atomic E-state index is 0.0464. The second kappa shape index (κ2) is 9.53. The number of carbonyl (C=O) groups is 1. The van der Waals surface area contributed by atoms with Crippen LogP contribution in [0.15, 0.2) is 42.5 Å². The summed E-state index contributed by atoms with van der Waals surface area (Å²) in [6, 6.07) is 12.7. The van der Waals surface area contributed by atoms with Crippen molar-refractivity contribution in [2.45, 2.75) is 52.7 Å². The predicted octanol–water partition coefficient (Wildman–Crippen LogP) is 5.50. The summed E-state index contributed by atoms with van der Waals surface area (Å²) >= 11 is 6.40. The van der Waals surface area contributed by atoms with E-state index in [-0.39, 0.29) is 23.9 Å². The molecule has 168 valence electrons. The summed E-state index contributed by atoms with van der Waals surface area (Å²) in [7, 11) is 0. The highest BCUT2D eigenvalue weighted by Crippen LogP contribution is 2.30. The SMILES string of the molecule is CC(C)OC(=O)NCc1ccc(Cl)c(-c2nc(O)nc(-c3cccc(C(C)(C)C)c3)n2)c1. The summed E-state index contributed by atoms with van der Waals surface area (Å²) in [6.07, 6.45) is -0.713. The van der Waals surface area contributed by atoms with E-state index >= 15 is 0 Å². The number of benzene rings is 2. The van der Waals surface area contributed by atoms with E-state index in [9.17, 15) is 9.90 Å². The lowest BCUT2D eigenvalue weighted by molar-refractivity contribution is 0.115. The van der Waals surface area contributed by atoms with E-state index in [1.165, 1.54) is 0 Å². The lowest BCUT2D eigenvalue weighted by Gasteiger charge is -2.19. The average molecular weight is 455 g/mol. The van der Waals surface area contributed by atoms with Gasteiger partial charge in [-0.2, -0.15) is 9.97 Å². The van der Waals surface area contributed by atoms with Crippen LogP contribution in [0.2, 0.25) is 5.02 Å². The second-order valence-electron chi connectivity index (χ2n) is 8.74. The molecule has 0 aliphatic heterocycles. The minimum Gasteiger partial charge on any atom is -0.479 e. The predicted molar refractivity (Wildman–Crippen MR) is 125 cm³/mol. The lowest BCUT2D eigenvalue weighted by atomic mass is 9.86. The number of amides is 1. The van der Waals surface area contributed by atoms with Gasteiger partial charge in [0, 0.05) is 17.7 Å². The normalized spacial score (nSPS) is 11.5. The van der Waals surface area contributed by atoms with Crippen LogP contribution < -0.4 is 5.32 Å². The molecule has 2 aromatic carbocycles. The maximum absolute atomic E-state index is 11.8. The summed E-state index contributed by atoms with van der Waals surface area (Å²) < 4.78 is 5.08. The first-order chi connectivity index (χ1) is 15.0. The van der Waals surface area contributed by atoms with Crippen molar-refractivity contribution in [2.75, 3.05) is 0 Å². The van der Waals surface area contributed by atoms with Gasteiger partial charge in [0.05, 0.1) is 11.1 Å². The van der Waals surface area contributed by atoms with Gasteiger partial charge in [0.25, 0.3) is 0 Å². The Labute approximate surface area is 192 Å². The van der Waals surface area contributed by atoms with Gasteiger partial charge in [-0.05, 0) is 48.6 Å². The number of halogens is 1. The second-order valence-corrected chi connectivity index (χ2v) is 9.14. The van der Waals surface area contributed by atoms with Crippen molar-refractivity contribution in [3.63, 3.8) is 0 Å². The molecule has 0 aliphatic rings. The van der Waals surface area contributed by atoms with Crippen LogP contribution in [-0.2, 0) is 16.7 Å². The average Bonchev–Trinajstić information content (AvgIpc) is 2.71. The maximum Gasteiger partial charge on any atom is 0.407 e. The molecule has 7 nitrogen and oxygen atoms in total. The molecule has 3 rings (SSSR count). The molecule has 0 fully saturated rings. The fourth-order valence-corrected chi connectivity index (χ4v) is 3.22. The Morgan fingerprint density at radius 1 is 1.09 bits per heavy atom. The fourth-order valence-electron chi connectivity index (χ4n) is 3.02. The topological polar surface area (TPSA) is 97.2 Å². The Hall–Kier alpha value is -3.19. The van der Waals surface area contributed by atoms with Gasteiger partial charge in [0.1, 0.15) is 0 Å². The highest BCUT2D eigenvalue weighted by atomic mass is 35.5. The molecule has 0 saturated carbocycles.